The zero-order valence-corrected chi connectivity index (χ0v) is 9.28. The molecule has 0 unspecified atom stereocenters. The van der Waals surface area contributed by atoms with Crippen LogP contribution in [0.15, 0.2) is 24.3 Å². The quantitative estimate of drug-likeness (QED) is 0.814. The van der Waals surface area contributed by atoms with E-state index in [9.17, 15) is 4.39 Å². The summed E-state index contributed by atoms with van der Waals surface area (Å²) in [6, 6.07) is 6.43. The first-order valence-electron chi connectivity index (χ1n) is 5.56. The van der Waals surface area contributed by atoms with Gasteiger partial charge in [-0.15, -0.1) is 0 Å². The van der Waals surface area contributed by atoms with E-state index >= 15 is 0 Å². The maximum Gasteiger partial charge on any atom is 0.125 e. The summed E-state index contributed by atoms with van der Waals surface area (Å²) in [5.74, 6) is -0.257. The van der Waals surface area contributed by atoms with E-state index in [-0.39, 0.29) is 5.82 Å². The predicted molar refractivity (Wildman–Crippen MR) is 62.0 cm³/mol. The van der Waals surface area contributed by atoms with E-state index in [2.05, 4.69) is 10.4 Å². The van der Waals surface area contributed by atoms with Crippen molar-refractivity contribution < 1.29 is 4.39 Å². The molecule has 1 aromatic heterocycles. The number of hydrogen-bond acceptors (Lipinski definition) is 3. The predicted octanol–water partition coefficient (Wildman–Crippen LogP) is 1.07. The van der Waals surface area contributed by atoms with Crippen LogP contribution in [0.4, 0.5) is 4.39 Å². The number of nitrogens with zero attached hydrogens (tertiary/aromatic N) is 2. The van der Waals surface area contributed by atoms with Gasteiger partial charge >= 0.3 is 0 Å². The zero-order valence-electron chi connectivity index (χ0n) is 9.28. The number of rotatable bonds is 2. The van der Waals surface area contributed by atoms with Gasteiger partial charge in [0.2, 0.25) is 0 Å². The van der Waals surface area contributed by atoms with Gasteiger partial charge in [-0.3, -0.25) is 0 Å². The average Bonchev–Trinajstić information content (AvgIpc) is 2.89. The molecule has 0 radical (unpaired) electrons. The molecule has 1 aliphatic rings. The molecule has 0 spiro atoms. The highest BCUT2D eigenvalue weighted by Crippen LogP contribution is 2.23. The van der Waals surface area contributed by atoms with Crippen molar-refractivity contribution in [2.75, 3.05) is 0 Å². The topological polar surface area (TPSA) is 55.9 Å². The lowest BCUT2D eigenvalue weighted by atomic mass is 10.2. The van der Waals surface area contributed by atoms with Crippen molar-refractivity contribution in [1.29, 1.82) is 0 Å². The monoisotopic (exact) mass is 232 g/mol. The first-order valence-corrected chi connectivity index (χ1v) is 5.56. The minimum Gasteiger partial charge on any atom is -0.325 e. The van der Waals surface area contributed by atoms with E-state index in [1.807, 2.05) is 6.07 Å². The summed E-state index contributed by atoms with van der Waals surface area (Å²) in [5.41, 5.74) is 9.52. The molecule has 1 aliphatic heterocycles. The van der Waals surface area contributed by atoms with E-state index in [1.165, 1.54) is 12.1 Å². The Bertz CT molecular complexity index is 562. The summed E-state index contributed by atoms with van der Waals surface area (Å²) in [7, 11) is 0. The Morgan fingerprint density at radius 2 is 2.29 bits per heavy atom. The number of halogens is 1. The van der Waals surface area contributed by atoms with Crippen molar-refractivity contribution in [3.63, 3.8) is 0 Å². The van der Waals surface area contributed by atoms with Crippen molar-refractivity contribution in [3.8, 4) is 5.69 Å². The lowest BCUT2D eigenvalue weighted by molar-refractivity contribution is 0.623. The Labute approximate surface area is 98.2 Å². The third-order valence-electron chi connectivity index (χ3n) is 3.01. The van der Waals surface area contributed by atoms with E-state index in [0.717, 1.165) is 35.7 Å². The van der Waals surface area contributed by atoms with Gasteiger partial charge in [-0.25, -0.2) is 9.07 Å². The smallest absolute Gasteiger partial charge is 0.125 e. The van der Waals surface area contributed by atoms with Crippen LogP contribution in [-0.2, 0) is 19.6 Å². The van der Waals surface area contributed by atoms with Gasteiger partial charge in [-0.1, -0.05) is 6.07 Å². The number of nitrogens with one attached hydrogen (secondary N) is 1. The minimum absolute atomic E-state index is 0.257. The lowest BCUT2D eigenvalue weighted by Gasteiger charge is -2.05. The molecule has 4 nitrogen and oxygen atoms in total. The standard InChI is InChI=1S/C12H13FN4/c13-8-2-1-3-9(4-8)17-12-7-15-6-10(12)11(5-14)16-17/h1-4,15H,5-7,14H2. The van der Waals surface area contributed by atoms with Gasteiger partial charge in [0.25, 0.3) is 0 Å². The third-order valence-corrected chi connectivity index (χ3v) is 3.01. The molecule has 0 saturated carbocycles. The van der Waals surface area contributed by atoms with E-state index in [1.54, 1.807) is 10.7 Å². The zero-order chi connectivity index (χ0) is 11.8. The van der Waals surface area contributed by atoms with Crippen LogP contribution in [0.2, 0.25) is 0 Å². The maximum absolute atomic E-state index is 13.2. The average molecular weight is 232 g/mol. The summed E-state index contributed by atoms with van der Waals surface area (Å²) >= 11 is 0. The molecule has 0 amide bonds. The summed E-state index contributed by atoms with van der Waals surface area (Å²) < 4.78 is 15.0. The van der Waals surface area contributed by atoms with Crippen molar-refractivity contribution in [2.45, 2.75) is 19.6 Å². The third kappa shape index (κ3) is 1.64. The molecule has 1 aromatic carbocycles. The lowest BCUT2D eigenvalue weighted by Crippen LogP contribution is -2.10. The summed E-state index contributed by atoms with van der Waals surface area (Å²) in [6.07, 6.45) is 0. The van der Waals surface area contributed by atoms with Crippen LogP contribution in [0, 0.1) is 5.82 Å². The molecule has 0 saturated heterocycles. The van der Waals surface area contributed by atoms with Gasteiger partial charge in [0, 0.05) is 25.2 Å². The normalized spacial score (nSPS) is 14.0. The second kappa shape index (κ2) is 3.94. The van der Waals surface area contributed by atoms with Crippen molar-refractivity contribution in [2.24, 2.45) is 5.73 Å². The van der Waals surface area contributed by atoms with Gasteiger partial charge in [-0.05, 0) is 18.2 Å². The van der Waals surface area contributed by atoms with Gasteiger partial charge in [-0.2, -0.15) is 5.10 Å². The highest BCUT2D eigenvalue weighted by molar-refractivity contribution is 5.39. The summed E-state index contributed by atoms with van der Waals surface area (Å²) in [4.78, 5) is 0. The first-order chi connectivity index (χ1) is 8.29. The van der Waals surface area contributed by atoms with E-state index in [0.29, 0.717) is 6.54 Å². The molecule has 0 aliphatic carbocycles. The van der Waals surface area contributed by atoms with Crippen molar-refractivity contribution in [3.05, 3.63) is 47.0 Å². The minimum atomic E-state index is -0.257. The van der Waals surface area contributed by atoms with Crippen molar-refractivity contribution >= 4 is 0 Å². The molecule has 0 fully saturated rings. The summed E-state index contributed by atoms with van der Waals surface area (Å²) in [5, 5.41) is 7.70. The van der Waals surface area contributed by atoms with Crippen LogP contribution in [0.3, 0.4) is 0 Å². The molecule has 88 valence electrons. The number of aromatic nitrogens is 2. The Kier molecular flexibility index (Phi) is 2.42. The Hall–Kier alpha value is -1.72. The van der Waals surface area contributed by atoms with Crippen LogP contribution in [-0.4, -0.2) is 9.78 Å². The number of nitrogens with two attached hydrogens (primary N) is 1. The highest BCUT2D eigenvalue weighted by Gasteiger charge is 2.21. The van der Waals surface area contributed by atoms with Gasteiger partial charge in [0.15, 0.2) is 0 Å². The maximum atomic E-state index is 13.2. The van der Waals surface area contributed by atoms with Crippen molar-refractivity contribution in [1.82, 2.24) is 15.1 Å². The van der Waals surface area contributed by atoms with Crippen LogP contribution in [0.1, 0.15) is 17.0 Å². The number of hydrogen-bond donors (Lipinski definition) is 2. The molecule has 2 heterocycles. The Morgan fingerprint density at radius 1 is 1.41 bits per heavy atom. The van der Waals surface area contributed by atoms with Crippen LogP contribution in [0.25, 0.3) is 5.69 Å². The second-order valence-electron chi connectivity index (χ2n) is 4.07. The Morgan fingerprint density at radius 3 is 3.06 bits per heavy atom. The fourth-order valence-corrected chi connectivity index (χ4v) is 2.21. The fraction of sp³-hybridized carbons (Fsp3) is 0.250. The molecular formula is C12H13FN4. The van der Waals surface area contributed by atoms with Gasteiger partial charge in [0.05, 0.1) is 17.1 Å². The SMILES string of the molecule is NCc1nn(-c2cccc(F)c2)c2c1CNC2. The van der Waals surface area contributed by atoms with Crippen LogP contribution >= 0.6 is 0 Å². The van der Waals surface area contributed by atoms with Gasteiger partial charge in [0.1, 0.15) is 5.82 Å². The fourth-order valence-electron chi connectivity index (χ4n) is 2.21. The van der Waals surface area contributed by atoms with Crippen LogP contribution < -0.4 is 11.1 Å². The van der Waals surface area contributed by atoms with Crippen LogP contribution in [0.5, 0.6) is 0 Å². The summed E-state index contributed by atoms with van der Waals surface area (Å²) in [6.45, 7) is 1.95. The second-order valence-corrected chi connectivity index (χ2v) is 4.07. The molecule has 0 atom stereocenters. The number of benzene rings is 1. The molecule has 0 bridgehead atoms. The first kappa shape index (κ1) is 10.4. The number of fused-ring (bicyclic) bond motifs is 1. The van der Waals surface area contributed by atoms with E-state index in [4.69, 9.17) is 5.73 Å². The molecule has 2 aromatic rings. The van der Waals surface area contributed by atoms with E-state index < -0.39 is 0 Å². The molecule has 3 N–H and O–H groups in total. The molecule has 3 rings (SSSR count). The largest absolute Gasteiger partial charge is 0.325 e. The molecule has 17 heavy (non-hydrogen) atoms. The molecule has 5 heteroatoms. The Balaban J connectivity index is 2.15. The highest BCUT2D eigenvalue weighted by atomic mass is 19.1. The molecular weight excluding hydrogens is 219 g/mol. The van der Waals surface area contributed by atoms with Gasteiger partial charge < -0.3 is 11.1 Å².